The lowest BCUT2D eigenvalue weighted by Gasteiger charge is -2.26. The molecule has 0 aliphatic carbocycles. The van der Waals surface area contributed by atoms with Gasteiger partial charge in [0.25, 0.3) is 0 Å². The fraction of sp³-hybridized carbons (Fsp3) is 0.174. The van der Waals surface area contributed by atoms with E-state index in [2.05, 4.69) is 0 Å². The second-order valence-electron chi connectivity index (χ2n) is 7.21. The van der Waals surface area contributed by atoms with E-state index in [1.54, 1.807) is 24.3 Å². The summed E-state index contributed by atoms with van der Waals surface area (Å²) in [4.78, 5) is 11.2. The molecule has 0 bridgehead atoms. The fourth-order valence-electron chi connectivity index (χ4n) is 3.16. The summed E-state index contributed by atoms with van der Waals surface area (Å²) in [6, 6.07) is 19.5. The molecule has 1 N–H and O–H groups in total. The van der Waals surface area contributed by atoms with E-state index in [0.29, 0.717) is 15.6 Å². The molecule has 0 aromatic heterocycles. The maximum absolute atomic E-state index is 13.4. The van der Waals surface area contributed by atoms with Crippen LogP contribution in [0.5, 0.6) is 0 Å². The summed E-state index contributed by atoms with van der Waals surface area (Å²) >= 11 is 11.9. The van der Waals surface area contributed by atoms with Gasteiger partial charge in [0.2, 0.25) is 10.0 Å². The van der Waals surface area contributed by atoms with Gasteiger partial charge in [-0.25, -0.2) is 13.2 Å². The third kappa shape index (κ3) is 5.86. The minimum atomic E-state index is -3.82. The van der Waals surface area contributed by atoms with Crippen LogP contribution < -0.4 is 0 Å². The van der Waals surface area contributed by atoms with Gasteiger partial charge in [-0.2, -0.15) is 4.31 Å². The summed E-state index contributed by atoms with van der Waals surface area (Å²) in [5, 5.41) is 10.2. The van der Waals surface area contributed by atoms with Crippen LogP contribution in [0.2, 0.25) is 10.0 Å². The molecule has 3 aromatic carbocycles. The first-order chi connectivity index (χ1) is 14.7. The van der Waals surface area contributed by atoms with Crippen molar-refractivity contribution >= 4 is 39.2 Å². The Morgan fingerprint density at radius 1 is 0.903 bits per heavy atom. The highest BCUT2D eigenvalue weighted by Crippen LogP contribution is 2.26. The second-order valence-corrected chi connectivity index (χ2v) is 10.0. The number of carboxylic acids is 1. The minimum absolute atomic E-state index is 0.0994. The number of nitrogens with zero attached hydrogens (tertiary/aromatic N) is 1. The lowest BCUT2D eigenvalue weighted by molar-refractivity contribution is 0.0697. The Bertz CT molecular complexity index is 1150. The predicted molar refractivity (Wildman–Crippen MR) is 122 cm³/mol. The summed E-state index contributed by atoms with van der Waals surface area (Å²) in [7, 11) is -3.82. The van der Waals surface area contributed by atoms with Crippen LogP contribution in [-0.2, 0) is 16.6 Å². The van der Waals surface area contributed by atoms with Crippen molar-refractivity contribution in [3.05, 3.63) is 99.5 Å². The third-order valence-corrected chi connectivity index (χ3v) is 7.26. The highest BCUT2D eigenvalue weighted by molar-refractivity contribution is 7.89. The molecule has 0 fully saturated rings. The molecule has 1 atom stereocenters. The van der Waals surface area contributed by atoms with E-state index in [9.17, 15) is 13.2 Å². The molecule has 0 heterocycles. The van der Waals surface area contributed by atoms with Gasteiger partial charge in [-0.05, 0) is 65.6 Å². The maximum Gasteiger partial charge on any atom is 0.335 e. The number of rotatable bonds is 8. The largest absolute Gasteiger partial charge is 0.478 e. The molecule has 0 radical (unpaired) electrons. The minimum Gasteiger partial charge on any atom is -0.478 e. The van der Waals surface area contributed by atoms with Crippen molar-refractivity contribution in [2.75, 3.05) is 6.54 Å². The predicted octanol–water partition coefficient (Wildman–Crippen LogP) is 5.69. The molecule has 3 aromatic rings. The van der Waals surface area contributed by atoms with Crippen LogP contribution in [0.1, 0.15) is 34.3 Å². The molecule has 1 unspecified atom stereocenters. The summed E-state index contributed by atoms with van der Waals surface area (Å²) in [6.07, 6.45) is 0. The maximum atomic E-state index is 13.4. The molecular weight excluding hydrogens is 457 g/mol. The first kappa shape index (κ1) is 23.3. The van der Waals surface area contributed by atoms with Gasteiger partial charge in [0, 0.05) is 23.1 Å². The summed E-state index contributed by atoms with van der Waals surface area (Å²) < 4.78 is 28.2. The lowest BCUT2D eigenvalue weighted by atomic mass is 10.0. The highest BCUT2D eigenvalue weighted by Gasteiger charge is 2.27. The van der Waals surface area contributed by atoms with E-state index in [-0.39, 0.29) is 29.5 Å². The molecule has 31 heavy (non-hydrogen) atoms. The van der Waals surface area contributed by atoms with Crippen LogP contribution in [0.3, 0.4) is 0 Å². The number of benzene rings is 3. The van der Waals surface area contributed by atoms with Crippen LogP contribution in [-0.4, -0.2) is 30.3 Å². The topological polar surface area (TPSA) is 74.7 Å². The van der Waals surface area contributed by atoms with Crippen molar-refractivity contribution < 1.29 is 18.3 Å². The normalized spacial score (nSPS) is 12.6. The van der Waals surface area contributed by atoms with Crippen LogP contribution in [0.4, 0.5) is 0 Å². The average molecular weight is 478 g/mol. The SMILES string of the molecule is CC(CN(Cc1ccc(C(=O)O)cc1)S(=O)(=O)c1ccc(Cl)cc1)c1ccc(Cl)cc1. The number of hydrogen-bond acceptors (Lipinski definition) is 3. The zero-order chi connectivity index (χ0) is 22.6. The van der Waals surface area contributed by atoms with Crippen molar-refractivity contribution in [1.29, 1.82) is 0 Å². The second kappa shape index (κ2) is 9.83. The van der Waals surface area contributed by atoms with Gasteiger partial charge < -0.3 is 5.11 Å². The highest BCUT2D eigenvalue weighted by atomic mass is 35.5. The van der Waals surface area contributed by atoms with Gasteiger partial charge in [-0.1, -0.05) is 54.4 Å². The van der Waals surface area contributed by atoms with E-state index in [1.807, 2.05) is 19.1 Å². The van der Waals surface area contributed by atoms with Gasteiger partial charge in [0.05, 0.1) is 10.5 Å². The molecule has 162 valence electrons. The van der Waals surface area contributed by atoms with E-state index in [4.69, 9.17) is 28.3 Å². The number of aromatic carboxylic acids is 1. The standard InChI is InChI=1S/C23H21Cl2NO4S/c1-16(18-6-8-20(24)9-7-18)14-26(15-17-2-4-19(5-3-17)23(27)28)31(29,30)22-12-10-21(25)11-13-22/h2-13,16H,14-15H2,1H3,(H,27,28). The van der Waals surface area contributed by atoms with E-state index in [1.165, 1.54) is 40.7 Å². The van der Waals surface area contributed by atoms with Crippen LogP contribution in [0, 0.1) is 0 Å². The monoisotopic (exact) mass is 477 g/mol. The lowest BCUT2D eigenvalue weighted by Crippen LogP contribution is -2.34. The summed E-state index contributed by atoms with van der Waals surface area (Å²) in [5.41, 5.74) is 1.79. The Morgan fingerprint density at radius 3 is 1.94 bits per heavy atom. The van der Waals surface area contributed by atoms with Crippen molar-refractivity contribution in [2.24, 2.45) is 0 Å². The zero-order valence-corrected chi connectivity index (χ0v) is 19.0. The molecule has 0 aliphatic rings. The number of halogens is 2. The quantitative estimate of drug-likeness (QED) is 0.452. The molecule has 0 spiro atoms. The number of hydrogen-bond donors (Lipinski definition) is 1. The molecule has 8 heteroatoms. The Balaban J connectivity index is 1.93. The summed E-state index contributed by atoms with van der Waals surface area (Å²) in [5.74, 6) is -1.13. The Kier molecular flexibility index (Phi) is 7.38. The van der Waals surface area contributed by atoms with Gasteiger partial charge in [-0.15, -0.1) is 0 Å². The molecule has 0 saturated heterocycles. The zero-order valence-electron chi connectivity index (χ0n) is 16.7. The number of carboxylic acid groups (broad SMARTS) is 1. The molecular formula is C23H21Cl2NO4S. The van der Waals surface area contributed by atoms with Crippen LogP contribution >= 0.6 is 23.2 Å². The molecule has 0 amide bonds. The van der Waals surface area contributed by atoms with Gasteiger partial charge in [0.15, 0.2) is 0 Å². The van der Waals surface area contributed by atoms with E-state index < -0.39 is 16.0 Å². The van der Waals surface area contributed by atoms with Crippen LogP contribution in [0.15, 0.2) is 77.7 Å². The summed E-state index contributed by atoms with van der Waals surface area (Å²) in [6.45, 7) is 2.28. The van der Waals surface area contributed by atoms with Crippen LogP contribution in [0.25, 0.3) is 0 Å². The Hall–Kier alpha value is -2.38. The number of sulfonamides is 1. The average Bonchev–Trinajstić information content (AvgIpc) is 2.74. The Morgan fingerprint density at radius 2 is 1.42 bits per heavy atom. The third-order valence-electron chi connectivity index (χ3n) is 4.93. The fourth-order valence-corrected chi connectivity index (χ4v) is 4.93. The first-order valence-corrected chi connectivity index (χ1v) is 11.7. The van der Waals surface area contributed by atoms with Gasteiger partial charge in [0.1, 0.15) is 0 Å². The van der Waals surface area contributed by atoms with Crippen molar-refractivity contribution in [2.45, 2.75) is 24.3 Å². The van der Waals surface area contributed by atoms with Crippen molar-refractivity contribution in [3.63, 3.8) is 0 Å². The van der Waals surface area contributed by atoms with Gasteiger partial charge >= 0.3 is 5.97 Å². The Labute approximate surface area is 191 Å². The smallest absolute Gasteiger partial charge is 0.335 e. The number of carbonyl (C=O) groups is 1. The van der Waals surface area contributed by atoms with E-state index >= 15 is 0 Å². The van der Waals surface area contributed by atoms with Gasteiger partial charge in [-0.3, -0.25) is 0 Å². The molecule has 0 aliphatic heterocycles. The molecule has 5 nitrogen and oxygen atoms in total. The first-order valence-electron chi connectivity index (χ1n) is 9.50. The van der Waals surface area contributed by atoms with Crippen molar-refractivity contribution in [1.82, 2.24) is 4.31 Å². The molecule has 3 rings (SSSR count). The van der Waals surface area contributed by atoms with E-state index in [0.717, 1.165) is 5.56 Å². The molecule has 0 saturated carbocycles. The van der Waals surface area contributed by atoms with Crippen molar-refractivity contribution in [3.8, 4) is 0 Å².